The van der Waals surface area contributed by atoms with E-state index in [0.717, 1.165) is 18.2 Å². The Morgan fingerprint density at radius 1 is 1.07 bits per heavy atom. The van der Waals surface area contributed by atoms with Gasteiger partial charge < -0.3 is 10.1 Å². The van der Waals surface area contributed by atoms with Crippen molar-refractivity contribution in [3.8, 4) is 5.75 Å². The lowest BCUT2D eigenvalue weighted by molar-refractivity contribution is -0.131. The maximum atomic E-state index is 13.0. The molecule has 7 nitrogen and oxygen atoms in total. The average Bonchev–Trinajstić information content (AvgIpc) is 2.94. The van der Waals surface area contributed by atoms with E-state index in [1.807, 2.05) is 18.2 Å². The first kappa shape index (κ1) is 20.4. The summed E-state index contributed by atoms with van der Waals surface area (Å²) in [6, 6.07) is 13.9. The lowest BCUT2D eigenvalue weighted by Crippen LogP contribution is -2.51. The molecule has 8 heteroatoms. The van der Waals surface area contributed by atoms with Crippen LogP contribution in [0.25, 0.3) is 0 Å². The van der Waals surface area contributed by atoms with E-state index in [9.17, 15) is 18.0 Å². The molecule has 0 bridgehead atoms. The summed E-state index contributed by atoms with van der Waals surface area (Å²) in [5.41, 5.74) is 1.51. The number of imide groups is 1. The van der Waals surface area contributed by atoms with Gasteiger partial charge in [0.25, 0.3) is 5.91 Å². The van der Waals surface area contributed by atoms with Crippen molar-refractivity contribution in [2.45, 2.75) is 36.1 Å². The minimum absolute atomic E-state index is 0.167. The first-order chi connectivity index (χ1) is 14.3. The predicted octanol–water partition coefficient (Wildman–Crippen LogP) is 2.34. The lowest BCUT2D eigenvalue weighted by Gasteiger charge is -2.32. The second kappa shape index (κ2) is 7.75. The smallest absolute Gasteiger partial charge is 0.325 e. The van der Waals surface area contributed by atoms with Gasteiger partial charge in [-0.15, -0.1) is 0 Å². The van der Waals surface area contributed by atoms with Gasteiger partial charge in [-0.1, -0.05) is 24.3 Å². The van der Waals surface area contributed by atoms with E-state index in [1.165, 1.54) is 22.6 Å². The Hall–Kier alpha value is -2.87. The molecule has 1 saturated heterocycles. The summed E-state index contributed by atoms with van der Waals surface area (Å²) in [6.07, 6.45) is 3.53. The third-order valence-corrected chi connectivity index (χ3v) is 6.85. The van der Waals surface area contributed by atoms with Gasteiger partial charge in [0.05, 0.1) is 11.5 Å². The van der Waals surface area contributed by atoms with Crippen LogP contribution in [0.1, 0.15) is 24.0 Å². The summed E-state index contributed by atoms with van der Waals surface area (Å²) >= 11 is 0. The van der Waals surface area contributed by atoms with Crippen molar-refractivity contribution in [2.24, 2.45) is 0 Å². The summed E-state index contributed by atoms with van der Waals surface area (Å²) in [6.45, 7) is 0.584. The molecule has 30 heavy (non-hydrogen) atoms. The number of urea groups is 1. The van der Waals surface area contributed by atoms with Gasteiger partial charge in [-0.2, -0.15) is 0 Å². The normalized spacial score (nSPS) is 20.9. The van der Waals surface area contributed by atoms with Crippen LogP contribution in [0.4, 0.5) is 4.79 Å². The maximum absolute atomic E-state index is 13.0. The molecule has 1 aliphatic carbocycles. The van der Waals surface area contributed by atoms with Gasteiger partial charge in [0.1, 0.15) is 11.3 Å². The Kier molecular flexibility index (Phi) is 5.27. The monoisotopic (exact) mass is 428 g/mol. The lowest BCUT2D eigenvalue weighted by atomic mass is 9.78. The highest BCUT2D eigenvalue weighted by Crippen LogP contribution is 2.33. The van der Waals surface area contributed by atoms with E-state index in [0.29, 0.717) is 31.6 Å². The summed E-state index contributed by atoms with van der Waals surface area (Å²) in [5.74, 6) is 0.375. The molecule has 1 atom stereocenters. The van der Waals surface area contributed by atoms with Gasteiger partial charge in [0, 0.05) is 19.2 Å². The van der Waals surface area contributed by atoms with Crippen LogP contribution in [0.5, 0.6) is 5.75 Å². The molecule has 1 heterocycles. The highest BCUT2D eigenvalue weighted by Gasteiger charge is 2.51. The van der Waals surface area contributed by atoms with E-state index in [-0.39, 0.29) is 23.4 Å². The van der Waals surface area contributed by atoms with Crippen molar-refractivity contribution in [2.75, 3.05) is 19.4 Å². The third-order valence-electron chi connectivity index (χ3n) is 5.72. The average molecular weight is 429 g/mol. The number of nitrogens with one attached hydrogen (secondary N) is 1. The van der Waals surface area contributed by atoms with Crippen molar-refractivity contribution >= 4 is 21.8 Å². The van der Waals surface area contributed by atoms with Crippen LogP contribution in [0.15, 0.2) is 53.4 Å². The molecule has 2 aliphatic rings. The Labute approximate surface area is 175 Å². The number of ether oxygens (including phenoxy) is 1. The second-order valence-corrected chi connectivity index (χ2v) is 9.88. The molecule has 3 amide bonds. The highest BCUT2D eigenvalue weighted by atomic mass is 32.2. The summed E-state index contributed by atoms with van der Waals surface area (Å²) < 4.78 is 28.6. The quantitative estimate of drug-likeness (QED) is 0.563. The number of fused-ring (bicyclic) bond motifs is 1. The molecule has 158 valence electrons. The van der Waals surface area contributed by atoms with E-state index in [1.54, 1.807) is 12.1 Å². The summed E-state index contributed by atoms with van der Waals surface area (Å²) in [7, 11) is -3.24. The number of carbonyl (C=O) groups excluding carboxylic acids is 2. The number of benzene rings is 2. The van der Waals surface area contributed by atoms with Crippen LogP contribution >= 0.6 is 0 Å². The first-order valence-electron chi connectivity index (χ1n) is 9.92. The van der Waals surface area contributed by atoms with Crippen molar-refractivity contribution < 1.29 is 22.7 Å². The first-order valence-corrected chi connectivity index (χ1v) is 11.8. The van der Waals surface area contributed by atoms with Crippen LogP contribution < -0.4 is 10.1 Å². The maximum Gasteiger partial charge on any atom is 0.325 e. The Morgan fingerprint density at radius 3 is 2.47 bits per heavy atom. The van der Waals surface area contributed by atoms with Crippen LogP contribution in [0, 0.1) is 0 Å². The molecule has 1 N–H and O–H groups in total. The summed E-state index contributed by atoms with van der Waals surface area (Å²) in [4.78, 5) is 27.0. The fourth-order valence-electron chi connectivity index (χ4n) is 4.10. The molecule has 1 aliphatic heterocycles. The van der Waals surface area contributed by atoms with Crippen LogP contribution in [0.2, 0.25) is 0 Å². The van der Waals surface area contributed by atoms with Crippen molar-refractivity contribution in [1.29, 1.82) is 0 Å². The molecule has 4 rings (SSSR count). The number of nitrogens with zero attached hydrogens (tertiary/aromatic N) is 1. The molecule has 1 spiro atoms. The number of hydrogen-bond donors (Lipinski definition) is 1. The highest BCUT2D eigenvalue weighted by molar-refractivity contribution is 7.90. The standard InChI is InChI=1S/C22H24N2O5S/c1-30(27,28)19-9-7-18(8-10-19)29-14-4-13-24-20(25)22(23-21(24)26)12-11-16-5-2-3-6-17(16)15-22/h2-3,5-10H,4,11-15H2,1H3,(H,23,26). The Bertz CT molecular complexity index is 1080. The molecule has 0 aromatic heterocycles. The van der Waals surface area contributed by atoms with Crippen LogP contribution in [-0.2, 0) is 27.5 Å². The summed E-state index contributed by atoms with van der Waals surface area (Å²) in [5, 5.41) is 2.93. The number of aryl methyl sites for hydroxylation is 1. The fraction of sp³-hybridized carbons (Fsp3) is 0.364. The molecule has 0 saturated carbocycles. The minimum Gasteiger partial charge on any atom is -0.494 e. The molecule has 2 aromatic carbocycles. The van der Waals surface area contributed by atoms with Gasteiger partial charge in [0.2, 0.25) is 0 Å². The molecule has 2 aromatic rings. The van der Waals surface area contributed by atoms with Crippen molar-refractivity contribution in [3.05, 3.63) is 59.7 Å². The van der Waals surface area contributed by atoms with Gasteiger partial charge in [-0.05, 0) is 54.7 Å². The number of sulfone groups is 1. The van der Waals surface area contributed by atoms with Crippen molar-refractivity contribution in [1.82, 2.24) is 10.2 Å². The zero-order chi connectivity index (χ0) is 21.4. The zero-order valence-corrected chi connectivity index (χ0v) is 17.6. The van der Waals surface area contributed by atoms with Gasteiger partial charge >= 0.3 is 6.03 Å². The Balaban J connectivity index is 1.32. The molecule has 1 fully saturated rings. The number of hydrogen-bond acceptors (Lipinski definition) is 5. The van der Waals surface area contributed by atoms with E-state index in [2.05, 4.69) is 11.4 Å². The molecular formula is C22H24N2O5S. The number of rotatable bonds is 6. The second-order valence-electron chi connectivity index (χ2n) is 7.86. The van der Waals surface area contributed by atoms with Gasteiger partial charge in [-0.3, -0.25) is 9.69 Å². The number of amides is 3. The number of carbonyl (C=O) groups is 2. The van der Waals surface area contributed by atoms with Gasteiger partial charge in [0.15, 0.2) is 9.84 Å². The Morgan fingerprint density at radius 2 is 1.77 bits per heavy atom. The van der Waals surface area contributed by atoms with Crippen molar-refractivity contribution in [3.63, 3.8) is 0 Å². The van der Waals surface area contributed by atoms with Gasteiger partial charge in [-0.25, -0.2) is 13.2 Å². The zero-order valence-electron chi connectivity index (χ0n) is 16.8. The molecule has 1 unspecified atom stereocenters. The topological polar surface area (TPSA) is 92.8 Å². The predicted molar refractivity (Wildman–Crippen MR) is 111 cm³/mol. The van der Waals surface area contributed by atoms with E-state index < -0.39 is 15.4 Å². The molecule has 0 radical (unpaired) electrons. The largest absolute Gasteiger partial charge is 0.494 e. The van der Waals surface area contributed by atoms with Crippen LogP contribution in [-0.4, -0.2) is 50.2 Å². The third kappa shape index (κ3) is 3.92. The van der Waals surface area contributed by atoms with Crippen LogP contribution in [0.3, 0.4) is 0 Å². The molecular weight excluding hydrogens is 404 g/mol. The SMILES string of the molecule is CS(=O)(=O)c1ccc(OCCCN2C(=O)NC3(CCc4ccccc4C3)C2=O)cc1. The minimum atomic E-state index is -3.24. The van der Waals surface area contributed by atoms with E-state index >= 15 is 0 Å². The van der Waals surface area contributed by atoms with E-state index in [4.69, 9.17) is 4.74 Å². The fourth-order valence-corrected chi connectivity index (χ4v) is 4.73.